The Morgan fingerprint density at radius 1 is 0.935 bits per heavy atom. The summed E-state index contributed by atoms with van der Waals surface area (Å²) in [4.78, 5) is 13.4. The number of hydrogen-bond acceptors (Lipinski definition) is 7. The van der Waals surface area contributed by atoms with E-state index in [1.807, 2.05) is 47.8 Å². The van der Waals surface area contributed by atoms with Crippen LogP contribution in [0, 0.1) is 6.92 Å². The molecular weight excluding hydrogens is 388 g/mol. The molecule has 8 nitrogen and oxygen atoms in total. The molecule has 0 bridgehead atoms. The molecule has 1 aliphatic carbocycles. The molecule has 3 aromatic heterocycles. The van der Waals surface area contributed by atoms with Crippen LogP contribution in [0.3, 0.4) is 0 Å². The van der Waals surface area contributed by atoms with Gasteiger partial charge in [-0.25, -0.2) is 19.5 Å². The molecule has 0 spiro atoms. The molecule has 4 aromatic rings. The average molecular weight is 415 g/mol. The van der Waals surface area contributed by atoms with Gasteiger partial charge in [0.1, 0.15) is 5.82 Å². The van der Waals surface area contributed by atoms with Gasteiger partial charge in [-0.3, -0.25) is 0 Å². The quantitative estimate of drug-likeness (QED) is 0.454. The van der Waals surface area contributed by atoms with Crippen molar-refractivity contribution < 1.29 is 0 Å². The van der Waals surface area contributed by atoms with Crippen LogP contribution >= 0.6 is 0 Å². The molecule has 1 saturated carbocycles. The third-order valence-corrected chi connectivity index (χ3v) is 5.83. The fraction of sp³-hybridized carbons (Fsp3) is 0.304. The second kappa shape index (κ2) is 8.31. The maximum absolute atomic E-state index is 6.02. The predicted molar refractivity (Wildman–Crippen MR) is 122 cm³/mol. The van der Waals surface area contributed by atoms with Crippen molar-refractivity contribution in [1.29, 1.82) is 0 Å². The number of nitrogens with zero attached hydrogens (tertiary/aromatic N) is 5. The summed E-state index contributed by atoms with van der Waals surface area (Å²) in [5.74, 6) is 1.39. The molecule has 158 valence electrons. The van der Waals surface area contributed by atoms with Gasteiger partial charge < -0.3 is 16.4 Å². The van der Waals surface area contributed by atoms with Gasteiger partial charge in [-0.15, -0.1) is 5.10 Å². The first-order valence-corrected chi connectivity index (χ1v) is 10.7. The first kappa shape index (κ1) is 19.4. The van der Waals surface area contributed by atoms with Crippen molar-refractivity contribution >= 4 is 23.1 Å². The molecule has 0 radical (unpaired) electrons. The first-order valence-electron chi connectivity index (χ1n) is 10.7. The largest absolute Gasteiger partial charge is 0.366 e. The molecule has 0 saturated heterocycles. The molecule has 1 aromatic carbocycles. The van der Waals surface area contributed by atoms with Crippen molar-refractivity contribution in [2.75, 3.05) is 10.6 Å². The number of aryl methyl sites for hydroxylation is 1. The SMILES string of the molecule is Cc1ccccc1Nc1ncc(-c2cnc3ccc(NC4CCC(N)CC4)nn23)cn1. The van der Waals surface area contributed by atoms with Crippen LogP contribution in [0.5, 0.6) is 0 Å². The van der Waals surface area contributed by atoms with E-state index in [0.717, 1.165) is 59.7 Å². The molecule has 3 heterocycles. The highest BCUT2D eigenvalue weighted by Crippen LogP contribution is 2.24. The van der Waals surface area contributed by atoms with Crippen molar-refractivity contribution in [3.63, 3.8) is 0 Å². The number of hydrogen-bond donors (Lipinski definition) is 3. The monoisotopic (exact) mass is 414 g/mol. The molecule has 4 N–H and O–H groups in total. The smallest absolute Gasteiger partial charge is 0.227 e. The lowest BCUT2D eigenvalue weighted by Crippen LogP contribution is -2.33. The molecular formula is C23H26N8. The molecule has 1 aliphatic rings. The minimum absolute atomic E-state index is 0.331. The first-order chi connectivity index (χ1) is 15.2. The van der Waals surface area contributed by atoms with Crippen LogP contribution in [0.2, 0.25) is 0 Å². The summed E-state index contributed by atoms with van der Waals surface area (Å²) in [7, 11) is 0. The van der Waals surface area contributed by atoms with Gasteiger partial charge in [-0.2, -0.15) is 0 Å². The van der Waals surface area contributed by atoms with Crippen LogP contribution in [0.4, 0.5) is 17.5 Å². The summed E-state index contributed by atoms with van der Waals surface area (Å²) >= 11 is 0. The van der Waals surface area contributed by atoms with Crippen molar-refractivity contribution in [3.05, 3.63) is 60.6 Å². The lowest BCUT2D eigenvalue weighted by molar-refractivity contribution is 0.410. The number of aromatic nitrogens is 5. The number of imidazole rings is 1. The van der Waals surface area contributed by atoms with Gasteiger partial charge in [0.25, 0.3) is 0 Å². The second-order valence-electron chi connectivity index (χ2n) is 8.12. The maximum Gasteiger partial charge on any atom is 0.227 e. The van der Waals surface area contributed by atoms with E-state index in [9.17, 15) is 0 Å². The van der Waals surface area contributed by atoms with Crippen LogP contribution < -0.4 is 16.4 Å². The van der Waals surface area contributed by atoms with Gasteiger partial charge in [-0.1, -0.05) is 18.2 Å². The molecule has 0 atom stereocenters. The Kier molecular flexibility index (Phi) is 5.21. The fourth-order valence-corrected chi connectivity index (χ4v) is 3.98. The van der Waals surface area contributed by atoms with Crippen molar-refractivity contribution in [3.8, 4) is 11.3 Å². The molecule has 31 heavy (non-hydrogen) atoms. The molecule has 1 fully saturated rings. The normalized spacial score (nSPS) is 18.8. The van der Waals surface area contributed by atoms with E-state index in [4.69, 9.17) is 10.8 Å². The topological polar surface area (TPSA) is 106 Å². The Morgan fingerprint density at radius 3 is 2.48 bits per heavy atom. The van der Waals surface area contributed by atoms with Crippen LogP contribution in [-0.2, 0) is 0 Å². The molecule has 0 aliphatic heterocycles. The van der Waals surface area contributed by atoms with Crippen LogP contribution in [-0.4, -0.2) is 36.6 Å². The minimum atomic E-state index is 0.331. The Labute approximate surface area is 180 Å². The van der Waals surface area contributed by atoms with E-state index in [-0.39, 0.29) is 0 Å². The fourth-order valence-electron chi connectivity index (χ4n) is 3.98. The number of nitrogens with one attached hydrogen (secondary N) is 2. The molecule has 8 heteroatoms. The highest BCUT2D eigenvalue weighted by Gasteiger charge is 2.19. The van der Waals surface area contributed by atoms with E-state index >= 15 is 0 Å². The predicted octanol–water partition coefficient (Wildman–Crippen LogP) is 3.92. The van der Waals surface area contributed by atoms with Gasteiger partial charge >= 0.3 is 0 Å². The standard InChI is InChI=1S/C23H26N8/c1-15-4-2-3-5-19(15)29-23-26-12-16(13-27-23)20-14-25-22-11-10-21(30-31(20)22)28-18-8-6-17(24)7-9-18/h2-5,10-14,17-18H,6-9,24H2,1H3,(H,28,30)(H,26,27,29). The summed E-state index contributed by atoms with van der Waals surface area (Å²) < 4.78 is 1.84. The highest BCUT2D eigenvalue weighted by atomic mass is 15.3. The van der Waals surface area contributed by atoms with E-state index in [1.54, 1.807) is 18.6 Å². The van der Waals surface area contributed by atoms with E-state index in [2.05, 4.69) is 25.6 Å². The summed E-state index contributed by atoms with van der Waals surface area (Å²) in [5, 5.41) is 11.6. The number of rotatable bonds is 5. The van der Waals surface area contributed by atoms with E-state index in [0.29, 0.717) is 18.0 Å². The van der Waals surface area contributed by atoms with Gasteiger partial charge in [0.2, 0.25) is 5.95 Å². The van der Waals surface area contributed by atoms with Gasteiger partial charge in [0.05, 0.1) is 11.9 Å². The lowest BCUT2D eigenvalue weighted by Gasteiger charge is -2.27. The Balaban J connectivity index is 1.36. The van der Waals surface area contributed by atoms with Crippen LogP contribution in [0.15, 0.2) is 55.0 Å². The number of para-hydroxylation sites is 1. The Morgan fingerprint density at radius 2 is 1.71 bits per heavy atom. The third-order valence-electron chi connectivity index (χ3n) is 5.83. The van der Waals surface area contributed by atoms with E-state index in [1.165, 1.54) is 0 Å². The number of fused-ring (bicyclic) bond motifs is 1. The number of benzene rings is 1. The van der Waals surface area contributed by atoms with Crippen LogP contribution in [0.25, 0.3) is 16.9 Å². The Hall–Kier alpha value is -3.52. The zero-order valence-electron chi connectivity index (χ0n) is 17.5. The average Bonchev–Trinajstić information content (AvgIpc) is 3.21. The summed E-state index contributed by atoms with van der Waals surface area (Å²) in [6.07, 6.45) is 9.64. The zero-order valence-corrected chi connectivity index (χ0v) is 17.5. The summed E-state index contributed by atoms with van der Waals surface area (Å²) in [6, 6.07) is 12.7. The van der Waals surface area contributed by atoms with E-state index < -0.39 is 0 Å². The molecule has 5 rings (SSSR count). The highest BCUT2D eigenvalue weighted by molar-refractivity contribution is 5.64. The van der Waals surface area contributed by atoms with Crippen LogP contribution in [0.1, 0.15) is 31.2 Å². The lowest BCUT2D eigenvalue weighted by atomic mass is 9.92. The van der Waals surface area contributed by atoms with Gasteiger partial charge in [0, 0.05) is 35.7 Å². The molecule has 0 amide bonds. The summed E-state index contributed by atoms with van der Waals surface area (Å²) in [6.45, 7) is 2.05. The third kappa shape index (κ3) is 4.20. The molecule has 0 unspecified atom stereocenters. The second-order valence-corrected chi connectivity index (χ2v) is 8.12. The maximum atomic E-state index is 6.02. The number of nitrogens with two attached hydrogens (primary N) is 1. The minimum Gasteiger partial charge on any atom is -0.366 e. The van der Waals surface area contributed by atoms with Gasteiger partial charge in [-0.05, 0) is 56.4 Å². The van der Waals surface area contributed by atoms with Crippen molar-refractivity contribution in [2.24, 2.45) is 5.73 Å². The zero-order chi connectivity index (χ0) is 21.2. The van der Waals surface area contributed by atoms with Gasteiger partial charge in [0.15, 0.2) is 5.65 Å². The Bertz CT molecular complexity index is 1180. The summed E-state index contributed by atoms with van der Waals surface area (Å²) in [5.41, 5.74) is 10.7. The van der Waals surface area contributed by atoms with Crippen molar-refractivity contribution in [1.82, 2.24) is 24.6 Å². The van der Waals surface area contributed by atoms with Crippen molar-refractivity contribution in [2.45, 2.75) is 44.7 Å². The number of anilines is 3.